The molecule has 5 nitrogen and oxygen atoms in total. The molecule has 0 bridgehead atoms. The van der Waals surface area contributed by atoms with Crippen LogP contribution < -0.4 is 5.32 Å². The summed E-state index contributed by atoms with van der Waals surface area (Å²) in [5.41, 5.74) is 1.92. The number of benzene rings is 1. The van der Waals surface area contributed by atoms with Gasteiger partial charge in [0.05, 0.1) is 11.3 Å². The van der Waals surface area contributed by atoms with E-state index in [1.54, 1.807) is 18.2 Å². The van der Waals surface area contributed by atoms with Crippen molar-refractivity contribution in [1.29, 1.82) is 5.26 Å². The average molecular weight is 301 g/mol. The van der Waals surface area contributed by atoms with Gasteiger partial charge in [-0.1, -0.05) is 0 Å². The third kappa shape index (κ3) is 3.46. The summed E-state index contributed by atoms with van der Waals surface area (Å²) in [6.45, 7) is 3.75. The minimum Gasteiger partial charge on any atom is -0.382 e. The number of anilines is 1. The van der Waals surface area contributed by atoms with Crippen LogP contribution in [0.5, 0.6) is 0 Å². The van der Waals surface area contributed by atoms with Gasteiger partial charge >= 0.3 is 0 Å². The summed E-state index contributed by atoms with van der Waals surface area (Å²) in [4.78, 5) is 13.8. The van der Waals surface area contributed by atoms with E-state index in [0.717, 1.165) is 38.3 Å². The molecule has 0 saturated carbocycles. The lowest BCUT2D eigenvalue weighted by molar-refractivity contribution is -0.000629. The van der Waals surface area contributed by atoms with Crippen molar-refractivity contribution in [3.05, 3.63) is 29.3 Å². The molecule has 1 saturated heterocycles. The summed E-state index contributed by atoms with van der Waals surface area (Å²) < 4.78 is 5.47. The smallest absolute Gasteiger partial charge is 0.159 e. The van der Waals surface area contributed by atoms with Crippen LogP contribution in [0.1, 0.15) is 35.7 Å². The van der Waals surface area contributed by atoms with Crippen LogP contribution in [0.4, 0.5) is 5.69 Å². The molecule has 1 aliphatic heterocycles. The van der Waals surface area contributed by atoms with Crippen molar-refractivity contribution in [3.63, 3.8) is 0 Å². The number of hydrogen-bond acceptors (Lipinski definition) is 5. The molecule has 1 aliphatic rings. The molecular weight excluding hydrogens is 278 g/mol. The fourth-order valence-electron chi connectivity index (χ4n) is 2.80. The zero-order chi connectivity index (χ0) is 16.2. The van der Waals surface area contributed by atoms with Crippen LogP contribution in [-0.2, 0) is 4.74 Å². The minimum atomic E-state index is 0.000860. The Balaban J connectivity index is 2.20. The second kappa shape index (κ2) is 6.91. The molecule has 1 heterocycles. The average Bonchev–Trinajstić information content (AvgIpc) is 2.53. The molecule has 0 unspecified atom stereocenters. The van der Waals surface area contributed by atoms with E-state index in [1.807, 2.05) is 0 Å². The van der Waals surface area contributed by atoms with Crippen LogP contribution >= 0.6 is 0 Å². The van der Waals surface area contributed by atoms with Crippen molar-refractivity contribution >= 4 is 11.5 Å². The van der Waals surface area contributed by atoms with E-state index < -0.39 is 0 Å². The number of Topliss-reactive ketones (excluding diaryl/α,β-unsaturated/α-hetero) is 1. The van der Waals surface area contributed by atoms with Gasteiger partial charge in [0, 0.05) is 30.9 Å². The number of rotatable bonds is 5. The number of nitriles is 1. The molecule has 118 valence electrons. The fraction of sp³-hybridized carbons (Fsp3) is 0.529. The van der Waals surface area contributed by atoms with Gasteiger partial charge < -0.3 is 15.0 Å². The van der Waals surface area contributed by atoms with E-state index in [1.165, 1.54) is 6.92 Å². The third-order valence-corrected chi connectivity index (χ3v) is 4.53. The Morgan fingerprint density at radius 2 is 2.09 bits per heavy atom. The number of likely N-dealkylation sites (N-methyl/N-ethyl adjacent to an activating group) is 1. The molecule has 0 aromatic heterocycles. The lowest BCUT2D eigenvalue weighted by atomic mass is 9.88. The van der Waals surface area contributed by atoms with Crippen LogP contribution in [0.2, 0.25) is 0 Å². The largest absolute Gasteiger partial charge is 0.382 e. The summed E-state index contributed by atoms with van der Waals surface area (Å²) in [5, 5.41) is 12.6. The van der Waals surface area contributed by atoms with Gasteiger partial charge in [0.1, 0.15) is 6.07 Å². The van der Waals surface area contributed by atoms with E-state index in [0.29, 0.717) is 11.1 Å². The van der Waals surface area contributed by atoms with Crippen molar-refractivity contribution in [2.75, 3.05) is 39.2 Å². The van der Waals surface area contributed by atoms with Gasteiger partial charge in [0.25, 0.3) is 0 Å². The Morgan fingerprint density at radius 1 is 1.41 bits per heavy atom. The highest BCUT2D eigenvalue weighted by Gasteiger charge is 2.34. The second-order valence-corrected chi connectivity index (χ2v) is 6.01. The molecule has 1 aromatic carbocycles. The predicted molar refractivity (Wildman–Crippen MR) is 86.1 cm³/mol. The summed E-state index contributed by atoms with van der Waals surface area (Å²) in [7, 11) is 4.15. The maximum Gasteiger partial charge on any atom is 0.159 e. The van der Waals surface area contributed by atoms with Crippen LogP contribution in [0.15, 0.2) is 18.2 Å². The van der Waals surface area contributed by atoms with Gasteiger partial charge in [-0.25, -0.2) is 0 Å². The van der Waals surface area contributed by atoms with E-state index >= 15 is 0 Å². The first kappa shape index (κ1) is 16.5. The number of hydrogen-bond donors (Lipinski definition) is 1. The number of nitrogens with one attached hydrogen (secondary N) is 1. The molecule has 5 heteroatoms. The first-order chi connectivity index (χ1) is 10.5. The van der Waals surface area contributed by atoms with Crippen molar-refractivity contribution in [2.45, 2.75) is 25.3 Å². The topological polar surface area (TPSA) is 65.4 Å². The van der Waals surface area contributed by atoms with Gasteiger partial charge in [-0.2, -0.15) is 5.26 Å². The standard InChI is InChI=1S/C17H23N3O2/c1-13(21)14-4-5-15(11-18)16(10-14)19-12-17(20(2)3)6-8-22-9-7-17/h4-5,10,19H,6-9,12H2,1-3H3. The number of ketones is 1. The highest BCUT2D eigenvalue weighted by molar-refractivity contribution is 5.95. The Labute approximate surface area is 131 Å². The first-order valence-corrected chi connectivity index (χ1v) is 7.53. The molecule has 0 atom stereocenters. The van der Waals surface area contributed by atoms with E-state index in [9.17, 15) is 10.1 Å². The summed E-state index contributed by atoms with van der Waals surface area (Å²) >= 11 is 0. The van der Waals surface area contributed by atoms with Gasteiger partial charge in [0.2, 0.25) is 0 Å². The van der Waals surface area contributed by atoms with Crippen molar-refractivity contribution in [3.8, 4) is 6.07 Å². The summed E-state index contributed by atoms with van der Waals surface area (Å²) in [6, 6.07) is 7.34. The lowest BCUT2D eigenvalue weighted by Gasteiger charge is -2.43. The molecule has 1 aromatic rings. The highest BCUT2D eigenvalue weighted by Crippen LogP contribution is 2.27. The van der Waals surface area contributed by atoms with Crippen LogP contribution in [0.3, 0.4) is 0 Å². The van der Waals surface area contributed by atoms with E-state index in [4.69, 9.17) is 4.74 Å². The van der Waals surface area contributed by atoms with Crippen molar-refractivity contribution in [2.24, 2.45) is 0 Å². The summed E-state index contributed by atoms with van der Waals surface area (Å²) in [6.07, 6.45) is 1.89. The third-order valence-electron chi connectivity index (χ3n) is 4.53. The Hall–Kier alpha value is -1.90. The molecule has 2 rings (SSSR count). The van der Waals surface area contributed by atoms with Gasteiger partial charge in [-0.15, -0.1) is 0 Å². The van der Waals surface area contributed by atoms with Crippen LogP contribution in [-0.4, -0.2) is 50.1 Å². The zero-order valence-corrected chi connectivity index (χ0v) is 13.5. The molecule has 1 fully saturated rings. The molecule has 22 heavy (non-hydrogen) atoms. The Bertz CT molecular complexity index is 584. The normalized spacial score (nSPS) is 17.0. The maximum absolute atomic E-state index is 11.5. The van der Waals surface area contributed by atoms with Crippen molar-refractivity contribution in [1.82, 2.24) is 4.90 Å². The van der Waals surface area contributed by atoms with Gasteiger partial charge in [0.15, 0.2) is 5.78 Å². The number of ether oxygens (including phenoxy) is 1. The van der Waals surface area contributed by atoms with E-state index in [-0.39, 0.29) is 11.3 Å². The number of nitrogens with zero attached hydrogens (tertiary/aromatic N) is 2. The zero-order valence-electron chi connectivity index (χ0n) is 13.5. The fourth-order valence-corrected chi connectivity index (χ4v) is 2.80. The molecule has 0 amide bonds. The Morgan fingerprint density at radius 3 is 2.64 bits per heavy atom. The number of carbonyl (C=O) groups excluding carboxylic acids is 1. The quantitative estimate of drug-likeness (QED) is 0.845. The molecule has 1 N–H and O–H groups in total. The molecule has 0 radical (unpaired) electrons. The maximum atomic E-state index is 11.5. The first-order valence-electron chi connectivity index (χ1n) is 7.53. The van der Waals surface area contributed by atoms with Crippen molar-refractivity contribution < 1.29 is 9.53 Å². The SMILES string of the molecule is CC(=O)c1ccc(C#N)c(NCC2(N(C)C)CCOCC2)c1. The van der Waals surface area contributed by atoms with Gasteiger partial charge in [-0.05, 0) is 52.1 Å². The van der Waals surface area contributed by atoms with E-state index in [2.05, 4.69) is 30.4 Å². The molecule has 0 spiro atoms. The monoisotopic (exact) mass is 301 g/mol. The Kier molecular flexibility index (Phi) is 5.17. The second-order valence-electron chi connectivity index (χ2n) is 6.01. The van der Waals surface area contributed by atoms with Gasteiger partial charge in [-0.3, -0.25) is 4.79 Å². The predicted octanol–water partition coefficient (Wildman–Crippen LogP) is 2.28. The van der Waals surface area contributed by atoms with Crippen LogP contribution in [0, 0.1) is 11.3 Å². The lowest BCUT2D eigenvalue weighted by Crippen LogP contribution is -2.53. The molecular formula is C17H23N3O2. The highest BCUT2D eigenvalue weighted by atomic mass is 16.5. The molecule has 0 aliphatic carbocycles. The number of carbonyl (C=O) groups is 1. The summed E-state index contributed by atoms with van der Waals surface area (Å²) in [5.74, 6) is 0.000860. The minimum absolute atomic E-state index is 0.000860. The van der Waals surface area contributed by atoms with Crippen LogP contribution in [0.25, 0.3) is 0 Å².